The second-order valence-electron chi connectivity index (χ2n) is 10.6. The zero-order valence-electron chi connectivity index (χ0n) is 21.4. The Kier molecular flexibility index (Phi) is 6.60. The molecule has 4 heterocycles. The molecular weight excluding hydrogens is 458 g/mol. The van der Waals surface area contributed by atoms with Gasteiger partial charge >= 0.3 is 6.03 Å². The standard InChI is InChI=1S/C25H37N9O2/c1-4-8-33(25(15-35)6-7-25)24(36)29-20-12-28-30-22(20)19-10-21-18(11-27-19)23(31-34(21)13-16(2)3)32-9-5-17(26)14-32/h10-12,16-17,35H,4-9,13-15,26H2,1-3H3,(H,28,30)(H,29,36). The summed E-state index contributed by atoms with van der Waals surface area (Å²) >= 11 is 0. The lowest BCUT2D eigenvalue weighted by molar-refractivity contribution is 0.128. The molecule has 11 nitrogen and oxygen atoms in total. The predicted octanol–water partition coefficient (Wildman–Crippen LogP) is 2.78. The summed E-state index contributed by atoms with van der Waals surface area (Å²) in [5, 5.41) is 26.0. The molecular formula is C25H37N9O2. The SMILES string of the molecule is CCCN(C(=O)Nc1cn[nH]c1-c1cc2c(cn1)c(N1CCC(N)C1)nn2CC(C)C)C1(CO)CC1. The van der Waals surface area contributed by atoms with Gasteiger partial charge in [0.1, 0.15) is 5.69 Å². The molecule has 5 rings (SSSR count). The van der Waals surface area contributed by atoms with E-state index in [1.54, 1.807) is 11.1 Å². The van der Waals surface area contributed by atoms with Crippen LogP contribution in [0.5, 0.6) is 0 Å². The van der Waals surface area contributed by atoms with Gasteiger partial charge in [-0.05, 0) is 37.7 Å². The number of pyridine rings is 1. The van der Waals surface area contributed by atoms with Gasteiger partial charge < -0.3 is 26.0 Å². The molecule has 1 saturated heterocycles. The second kappa shape index (κ2) is 9.70. The monoisotopic (exact) mass is 495 g/mol. The minimum Gasteiger partial charge on any atom is -0.394 e. The largest absolute Gasteiger partial charge is 0.394 e. The summed E-state index contributed by atoms with van der Waals surface area (Å²) in [5.74, 6) is 1.34. The van der Waals surface area contributed by atoms with Gasteiger partial charge in [0.15, 0.2) is 5.82 Å². The highest BCUT2D eigenvalue weighted by Crippen LogP contribution is 2.42. The van der Waals surface area contributed by atoms with Crippen molar-refractivity contribution in [1.82, 2.24) is 29.9 Å². The molecule has 3 aromatic rings. The maximum Gasteiger partial charge on any atom is 0.322 e. The number of rotatable bonds is 9. The Hall–Kier alpha value is -3.18. The number of hydrogen-bond acceptors (Lipinski definition) is 7. The Morgan fingerprint density at radius 3 is 2.83 bits per heavy atom. The number of carbonyl (C=O) groups excluding carboxylic acids is 1. The predicted molar refractivity (Wildman–Crippen MR) is 140 cm³/mol. The summed E-state index contributed by atoms with van der Waals surface area (Å²) in [5.41, 5.74) is 8.58. The Balaban J connectivity index is 1.46. The summed E-state index contributed by atoms with van der Waals surface area (Å²) in [4.78, 5) is 21.9. The average molecular weight is 496 g/mol. The van der Waals surface area contributed by atoms with E-state index in [1.807, 2.05) is 23.9 Å². The number of nitrogens with zero attached hydrogens (tertiary/aromatic N) is 6. The molecule has 5 N–H and O–H groups in total. The van der Waals surface area contributed by atoms with E-state index in [4.69, 9.17) is 15.8 Å². The molecule has 1 unspecified atom stereocenters. The molecule has 1 saturated carbocycles. The number of nitrogens with two attached hydrogens (primary N) is 1. The molecule has 2 amide bonds. The normalized spacial score (nSPS) is 18.8. The smallest absolute Gasteiger partial charge is 0.322 e. The molecule has 0 radical (unpaired) electrons. The number of amides is 2. The molecule has 0 spiro atoms. The Bertz CT molecular complexity index is 1230. The number of aromatic amines is 1. The van der Waals surface area contributed by atoms with Gasteiger partial charge in [0, 0.05) is 38.4 Å². The molecule has 36 heavy (non-hydrogen) atoms. The molecule has 11 heteroatoms. The summed E-state index contributed by atoms with van der Waals surface area (Å²) in [7, 11) is 0. The molecule has 1 aliphatic carbocycles. The summed E-state index contributed by atoms with van der Waals surface area (Å²) in [6.07, 6.45) is 6.86. The van der Waals surface area contributed by atoms with Crippen LogP contribution in [0.2, 0.25) is 0 Å². The Morgan fingerprint density at radius 1 is 1.39 bits per heavy atom. The Labute approximate surface area is 211 Å². The van der Waals surface area contributed by atoms with Crippen LogP contribution in [0.1, 0.15) is 46.5 Å². The minimum atomic E-state index is -0.445. The van der Waals surface area contributed by atoms with E-state index in [1.165, 1.54) is 0 Å². The van der Waals surface area contributed by atoms with Crippen LogP contribution >= 0.6 is 0 Å². The topological polar surface area (TPSA) is 141 Å². The lowest BCUT2D eigenvalue weighted by atomic mass is 10.2. The van der Waals surface area contributed by atoms with Gasteiger partial charge in [-0.3, -0.25) is 14.8 Å². The zero-order chi connectivity index (χ0) is 25.4. The first kappa shape index (κ1) is 24.5. The number of nitrogens with one attached hydrogen (secondary N) is 2. The van der Waals surface area contributed by atoms with Crippen LogP contribution < -0.4 is 16.0 Å². The maximum atomic E-state index is 13.2. The highest BCUT2D eigenvalue weighted by atomic mass is 16.3. The molecule has 1 atom stereocenters. The van der Waals surface area contributed by atoms with E-state index >= 15 is 0 Å². The van der Waals surface area contributed by atoms with Crippen LogP contribution in [-0.2, 0) is 6.54 Å². The van der Waals surface area contributed by atoms with Crippen molar-refractivity contribution in [2.45, 2.75) is 64.6 Å². The highest BCUT2D eigenvalue weighted by Gasteiger charge is 2.49. The van der Waals surface area contributed by atoms with Gasteiger partial charge in [-0.1, -0.05) is 20.8 Å². The maximum absolute atomic E-state index is 13.2. The fourth-order valence-electron chi connectivity index (χ4n) is 5.08. The van der Waals surface area contributed by atoms with Crippen molar-refractivity contribution in [2.24, 2.45) is 11.7 Å². The first-order valence-electron chi connectivity index (χ1n) is 13.0. The zero-order valence-corrected chi connectivity index (χ0v) is 21.4. The molecule has 0 bridgehead atoms. The minimum absolute atomic E-state index is 0.0268. The third-order valence-electron chi connectivity index (χ3n) is 7.20. The van der Waals surface area contributed by atoms with Crippen LogP contribution in [0.3, 0.4) is 0 Å². The van der Waals surface area contributed by atoms with E-state index in [-0.39, 0.29) is 18.7 Å². The van der Waals surface area contributed by atoms with Crippen molar-refractivity contribution < 1.29 is 9.90 Å². The number of aliphatic hydroxyl groups excluding tert-OH is 1. The fraction of sp³-hybridized carbons (Fsp3) is 0.600. The summed E-state index contributed by atoms with van der Waals surface area (Å²) in [6.45, 7) is 9.38. The fourth-order valence-corrected chi connectivity index (χ4v) is 5.08. The highest BCUT2D eigenvalue weighted by molar-refractivity contribution is 5.96. The third kappa shape index (κ3) is 4.53. The number of urea groups is 1. The van der Waals surface area contributed by atoms with Crippen molar-refractivity contribution in [1.29, 1.82) is 0 Å². The average Bonchev–Trinajstić information content (AvgIpc) is 3.13. The number of hydrogen-bond donors (Lipinski definition) is 4. The Morgan fingerprint density at radius 2 is 2.19 bits per heavy atom. The van der Waals surface area contributed by atoms with Crippen molar-refractivity contribution in [3.63, 3.8) is 0 Å². The van der Waals surface area contributed by atoms with Gasteiger partial charge in [0.25, 0.3) is 0 Å². The van der Waals surface area contributed by atoms with Crippen molar-refractivity contribution in [3.05, 3.63) is 18.5 Å². The number of aliphatic hydroxyl groups is 1. The first-order valence-corrected chi connectivity index (χ1v) is 13.0. The van der Waals surface area contributed by atoms with Gasteiger partial charge in [-0.2, -0.15) is 10.2 Å². The summed E-state index contributed by atoms with van der Waals surface area (Å²) in [6, 6.07) is 1.93. The molecule has 2 aliphatic rings. The van der Waals surface area contributed by atoms with Crippen LogP contribution in [0, 0.1) is 5.92 Å². The first-order chi connectivity index (χ1) is 17.3. The van der Waals surface area contributed by atoms with Gasteiger partial charge in [-0.15, -0.1) is 0 Å². The van der Waals surface area contributed by atoms with E-state index < -0.39 is 5.54 Å². The van der Waals surface area contributed by atoms with Crippen LogP contribution in [0.4, 0.5) is 16.3 Å². The third-order valence-corrected chi connectivity index (χ3v) is 7.20. The number of anilines is 2. The van der Waals surface area contributed by atoms with E-state index in [0.29, 0.717) is 29.5 Å². The van der Waals surface area contributed by atoms with E-state index in [2.05, 4.69) is 34.3 Å². The van der Waals surface area contributed by atoms with Crippen LogP contribution in [0.15, 0.2) is 18.5 Å². The summed E-state index contributed by atoms with van der Waals surface area (Å²) < 4.78 is 2.04. The lowest BCUT2D eigenvalue weighted by Gasteiger charge is -2.30. The number of aromatic nitrogens is 5. The second-order valence-corrected chi connectivity index (χ2v) is 10.6. The van der Waals surface area contributed by atoms with E-state index in [9.17, 15) is 9.90 Å². The van der Waals surface area contributed by atoms with Gasteiger partial charge in [0.05, 0.1) is 40.6 Å². The van der Waals surface area contributed by atoms with Crippen LogP contribution in [0.25, 0.3) is 22.3 Å². The molecule has 0 aromatic carbocycles. The van der Waals surface area contributed by atoms with Gasteiger partial charge in [0.2, 0.25) is 0 Å². The molecule has 1 aliphatic heterocycles. The molecule has 194 valence electrons. The van der Waals surface area contributed by atoms with Crippen molar-refractivity contribution in [3.8, 4) is 11.4 Å². The number of H-pyrrole nitrogens is 1. The van der Waals surface area contributed by atoms with Crippen molar-refractivity contribution in [2.75, 3.05) is 36.5 Å². The number of carbonyl (C=O) groups is 1. The van der Waals surface area contributed by atoms with Crippen molar-refractivity contribution >= 4 is 28.4 Å². The molecule has 3 aromatic heterocycles. The molecule has 2 fully saturated rings. The van der Waals surface area contributed by atoms with Gasteiger partial charge in [-0.25, -0.2) is 4.79 Å². The quantitative estimate of drug-likeness (QED) is 0.358. The lowest BCUT2D eigenvalue weighted by Crippen LogP contribution is -2.47. The number of fused-ring (bicyclic) bond motifs is 1. The van der Waals surface area contributed by atoms with E-state index in [0.717, 1.165) is 62.0 Å². The van der Waals surface area contributed by atoms with Crippen LogP contribution in [-0.4, -0.2) is 78.8 Å².